The number of ketones is 1. The van der Waals surface area contributed by atoms with Crippen molar-refractivity contribution in [1.29, 1.82) is 0 Å². The molecule has 5 fully saturated rings. The molecule has 0 amide bonds. The van der Waals surface area contributed by atoms with Gasteiger partial charge in [-0.3, -0.25) is 9.48 Å². The zero-order chi connectivity index (χ0) is 27.3. The summed E-state index contributed by atoms with van der Waals surface area (Å²) in [6.07, 6.45) is 11.2. The number of aliphatic hydroxyl groups excluding tert-OH is 2. The van der Waals surface area contributed by atoms with Crippen LogP contribution in [0.3, 0.4) is 0 Å². The molecule has 1 aromatic rings. The lowest BCUT2D eigenvalue weighted by Crippen LogP contribution is -2.63. The van der Waals surface area contributed by atoms with E-state index >= 15 is 0 Å². The molecular formula is C31H43BrN2O5. The van der Waals surface area contributed by atoms with E-state index in [2.05, 4.69) is 46.7 Å². The SMILES string of the molecule is CC1O[C@@H]2C[C@H]3[C@@H]4CCC5=Cc6nn(CC7CCC(CBr)C7)cc6C[C@]5(C)[C@H]4[C@@H](O)C[C@]3(C)[C@]2(C(=O)CO)O1. The fourth-order valence-corrected chi connectivity index (χ4v) is 11.2. The number of aliphatic hydroxyl groups is 2. The van der Waals surface area contributed by atoms with Crippen LogP contribution in [-0.4, -0.2) is 61.8 Å². The first-order chi connectivity index (χ1) is 18.6. The number of nitrogens with zero attached hydrogens (tertiary/aromatic N) is 2. The van der Waals surface area contributed by atoms with E-state index in [-0.39, 0.29) is 35.1 Å². The maximum atomic E-state index is 13.3. The number of carbonyl (C=O) groups is 1. The molecule has 0 bridgehead atoms. The van der Waals surface area contributed by atoms with Crippen LogP contribution in [0.4, 0.5) is 0 Å². The first-order valence-electron chi connectivity index (χ1n) is 15.1. The summed E-state index contributed by atoms with van der Waals surface area (Å²) in [6, 6.07) is 0. The first-order valence-corrected chi connectivity index (χ1v) is 16.2. The number of hydrogen-bond donors (Lipinski definition) is 2. The third kappa shape index (κ3) is 3.66. The molecule has 1 saturated heterocycles. The highest BCUT2D eigenvalue weighted by atomic mass is 79.9. The van der Waals surface area contributed by atoms with E-state index in [9.17, 15) is 15.0 Å². The molecule has 0 radical (unpaired) electrons. The maximum Gasteiger partial charge on any atom is 0.193 e. The quantitative estimate of drug-likeness (QED) is 0.481. The molecule has 5 aliphatic carbocycles. The van der Waals surface area contributed by atoms with Gasteiger partial charge in [0.2, 0.25) is 0 Å². The van der Waals surface area contributed by atoms with E-state index in [4.69, 9.17) is 14.6 Å². The summed E-state index contributed by atoms with van der Waals surface area (Å²) in [4.78, 5) is 13.3. The Morgan fingerprint density at radius 1 is 1.23 bits per heavy atom. The zero-order valence-corrected chi connectivity index (χ0v) is 25.0. The van der Waals surface area contributed by atoms with Crippen LogP contribution < -0.4 is 0 Å². The topological polar surface area (TPSA) is 93.8 Å². The van der Waals surface area contributed by atoms with E-state index in [1.165, 1.54) is 30.4 Å². The van der Waals surface area contributed by atoms with Crippen molar-refractivity contribution >= 4 is 27.8 Å². The molecule has 214 valence electrons. The van der Waals surface area contributed by atoms with Crippen LogP contribution >= 0.6 is 15.9 Å². The molecule has 0 aromatic carbocycles. The molecule has 8 heteroatoms. The summed E-state index contributed by atoms with van der Waals surface area (Å²) in [7, 11) is 0. The molecule has 1 aromatic heterocycles. The molecule has 3 unspecified atom stereocenters. The monoisotopic (exact) mass is 602 g/mol. The Morgan fingerprint density at radius 2 is 2.03 bits per heavy atom. The average Bonchev–Trinajstić information content (AvgIpc) is 3.64. The molecule has 6 aliphatic rings. The first kappa shape index (κ1) is 26.8. The summed E-state index contributed by atoms with van der Waals surface area (Å²) in [5.41, 5.74) is 1.95. The molecular weight excluding hydrogens is 560 g/mol. The van der Waals surface area contributed by atoms with Crippen LogP contribution in [0, 0.1) is 40.4 Å². The number of fused-ring (bicyclic) bond motifs is 8. The Bertz CT molecular complexity index is 1200. The van der Waals surface area contributed by atoms with Gasteiger partial charge in [-0.25, -0.2) is 0 Å². The fraction of sp³-hybridized carbons (Fsp3) is 0.806. The molecule has 2 heterocycles. The number of Topliss-reactive ketones (excluding diaryl/α,β-unsaturated/α-hetero) is 1. The number of carbonyl (C=O) groups excluding carboxylic acids is 1. The van der Waals surface area contributed by atoms with E-state index in [1.807, 2.05) is 6.92 Å². The van der Waals surface area contributed by atoms with Crippen molar-refractivity contribution < 1.29 is 24.5 Å². The van der Waals surface area contributed by atoms with Crippen LogP contribution in [0.1, 0.15) is 77.0 Å². The summed E-state index contributed by atoms with van der Waals surface area (Å²) in [5.74, 6) is 1.78. The second-order valence-corrected chi connectivity index (χ2v) is 14.8. The number of rotatable bonds is 5. The Labute approximate surface area is 239 Å². The van der Waals surface area contributed by atoms with Crippen LogP contribution in [0.5, 0.6) is 0 Å². The van der Waals surface area contributed by atoms with E-state index in [0.29, 0.717) is 12.3 Å². The van der Waals surface area contributed by atoms with Gasteiger partial charge in [0.05, 0.1) is 17.9 Å². The van der Waals surface area contributed by atoms with Crippen molar-refractivity contribution in [2.75, 3.05) is 11.9 Å². The summed E-state index contributed by atoms with van der Waals surface area (Å²) >= 11 is 3.67. The van der Waals surface area contributed by atoms with Gasteiger partial charge in [-0.15, -0.1) is 0 Å². The highest BCUT2D eigenvalue weighted by Gasteiger charge is 2.75. The highest BCUT2D eigenvalue weighted by Crippen LogP contribution is 2.70. The molecule has 0 spiro atoms. The number of ether oxygens (including phenoxy) is 2. The minimum atomic E-state index is -1.18. The third-order valence-corrected chi connectivity index (χ3v) is 13.1. The lowest BCUT2D eigenvalue weighted by atomic mass is 9.45. The fourth-order valence-electron chi connectivity index (χ4n) is 10.6. The predicted octanol–water partition coefficient (Wildman–Crippen LogP) is 4.52. The Morgan fingerprint density at radius 3 is 2.77 bits per heavy atom. The molecule has 7 rings (SSSR count). The van der Waals surface area contributed by atoms with Crippen molar-refractivity contribution in [2.45, 2.75) is 103 Å². The number of halogens is 1. The minimum absolute atomic E-state index is 0.110. The van der Waals surface area contributed by atoms with Gasteiger partial charge >= 0.3 is 0 Å². The van der Waals surface area contributed by atoms with E-state index < -0.39 is 30.0 Å². The van der Waals surface area contributed by atoms with Crippen LogP contribution in [0.25, 0.3) is 6.08 Å². The highest BCUT2D eigenvalue weighted by molar-refractivity contribution is 9.09. The van der Waals surface area contributed by atoms with Crippen molar-refractivity contribution in [2.24, 2.45) is 40.4 Å². The van der Waals surface area contributed by atoms with Gasteiger partial charge in [0.1, 0.15) is 6.61 Å². The van der Waals surface area contributed by atoms with Gasteiger partial charge in [-0.05, 0) is 105 Å². The second-order valence-electron chi connectivity index (χ2n) is 14.1. The van der Waals surface area contributed by atoms with E-state index in [0.717, 1.165) is 49.2 Å². The Balaban J connectivity index is 1.18. The predicted molar refractivity (Wildman–Crippen MR) is 150 cm³/mol. The van der Waals surface area contributed by atoms with Crippen molar-refractivity contribution in [3.8, 4) is 0 Å². The number of allylic oxidation sites excluding steroid dienone is 1. The maximum absolute atomic E-state index is 13.3. The third-order valence-electron chi connectivity index (χ3n) is 12.1. The zero-order valence-electron chi connectivity index (χ0n) is 23.4. The molecule has 11 atom stereocenters. The van der Waals surface area contributed by atoms with Gasteiger partial charge in [0.15, 0.2) is 17.7 Å². The Kier molecular flexibility index (Phi) is 6.34. The Hall–Kier alpha value is -1.06. The lowest BCUT2D eigenvalue weighted by Gasteiger charge is -2.60. The summed E-state index contributed by atoms with van der Waals surface area (Å²) in [6.45, 7) is 6.74. The minimum Gasteiger partial charge on any atom is -0.393 e. The van der Waals surface area contributed by atoms with Crippen molar-refractivity contribution in [1.82, 2.24) is 9.78 Å². The van der Waals surface area contributed by atoms with Crippen LogP contribution in [-0.2, 0) is 27.2 Å². The lowest BCUT2D eigenvalue weighted by molar-refractivity contribution is -0.199. The summed E-state index contributed by atoms with van der Waals surface area (Å²) in [5, 5.41) is 28.0. The second kappa shape index (κ2) is 9.22. The van der Waals surface area contributed by atoms with Gasteiger partial charge < -0.3 is 19.7 Å². The number of aromatic nitrogens is 2. The number of hydrogen-bond acceptors (Lipinski definition) is 6. The molecule has 2 N–H and O–H groups in total. The molecule has 7 nitrogen and oxygen atoms in total. The van der Waals surface area contributed by atoms with Crippen molar-refractivity contribution in [3.63, 3.8) is 0 Å². The van der Waals surface area contributed by atoms with Gasteiger partial charge in [0, 0.05) is 23.5 Å². The molecule has 1 aliphatic heterocycles. The molecule has 39 heavy (non-hydrogen) atoms. The normalized spacial score (nSPS) is 48.1. The van der Waals surface area contributed by atoms with Crippen LogP contribution in [0.15, 0.2) is 11.8 Å². The van der Waals surface area contributed by atoms with Crippen LogP contribution in [0.2, 0.25) is 0 Å². The average molecular weight is 604 g/mol. The van der Waals surface area contributed by atoms with Gasteiger partial charge in [0.25, 0.3) is 0 Å². The van der Waals surface area contributed by atoms with Gasteiger partial charge in [-0.2, -0.15) is 5.10 Å². The summed E-state index contributed by atoms with van der Waals surface area (Å²) < 4.78 is 14.7. The number of alkyl halides is 1. The smallest absolute Gasteiger partial charge is 0.193 e. The van der Waals surface area contributed by atoms with E-state index in [1.54, 1.807) is 0 Å². The molecule has 4 saturated carbocycles. The standard InChI is InChI=1S/C31H43BrN2O5/c1-17-38-27-10-23-22-7-6-21-9-24-20(15-34(33-24)14-19-5-4-18(8-19)13-32)11-29(21,2)28(22)25(36)12-30(23,3)31(27,39-17)26(37)16-35/h9,15,17-19,22-23,25,27-28,35-36H,4-8,10-14,16H2,1-3H3/t17?,18?,19?,22-,23-,25-,27+,28+,29-,30-,31+/m0/s1. The van der Waals surface area contributed by atoms with Crippen molar-refractivity contribution in [3.05, 3.63) is 23.0 Å². The largest absolute Gasteiger partial charge is 0.393 e. The van der Waals surface area contributed by atoms with Gasteiger partial charge in [-0.1, -0.05) is 35.4 Å².